The maximum atomic E-state index is 10.9. The van der Waals surface area contributed by atoms with Gasteiger partial charge >= 0.3 is 0 Å². The van der Waals surface area contributed by atoms with Gasteiger partial charge < -0.3 is 4.74 Å². The summed E-state index contributed by atoms with van der Waals surface area (Å²) in [4.78, 5) is 10.9. The molecule has 0 saturated heterocycles. The second-order valence-corrected chi connectivity index (χ2v) is 3.00. The second-order valence-electron chi connectivity index (χ2n) is 2.59. The highest BCUT2D eigenvalue weighted by Crippen LogP contribution is 2.22. The summed E-state index contributed by atoms with van der Waals surface area (Å²) < 4.78 is 5.12. The molecule has 0 amide bonds. The van der Waals surface area contributed by atoms with Gasteiger partial charge in [-0.25, -0.2) is 0 Å². The van der Waals surface area contributed by atoms with Crippen molar-refractivity contribution in [1.29, 1.82) is 5.26 Å². The standard InChI is InChI=1S/C10H8ClNO2/c11-9-3-1-2-4-10(9)14-7-8(13)5-6-12/h1-4H,5,7H2. The van der Waals surface area contributed by atoms with E-state index in [0.29, 0.717) is 10.8 Å². The highest BCUT2D eigenvalue weighted by molar-refractivity contribution is 6.32. The van der Waals surface area contributed by atoms with Crippen LogP contribution in [-0.4, -0.2) is 12.4 Å². The van der Waals surface area contributed by atoms with Gasteiger partial charge in [-0.15, -0.1) is 0 Å². The van der Waals surface area contributed by atoms with Gasteiger partial charge in [-0.1, -0.05) is 23.7 Å². The van der Waals surface area contributed by atoms with Gasteiger partial charge in [0.15, 0.2) is 5.78 Å². The van der Waals surface area contributed by atoms with E-state index in [1.807, 2.05) is 0 Å². The van der Waals surface area contributed by atoms with Crippen molar-refractivity contribution in [3.05, 3.63) is 29.3 Å². The number of halogens is 1. The van der Waals surface area contributed by atoms with Crippen LogP contribution in [0.2, 0.25) is 5.02 Å². The molecule has 0 heterocycles. The third kappa shape index (κ3) is 3.08. The first-order chi connectivity index (χ1) is 6.74. The first-order valence-corrected chi connectivity index (χ1v) is 4.38. The number of para-hydroxylation sites is 1. The number of nitrogens with zero attached hydrogens (tertiary/aromatic N) is 1. The Hall–Kier alpha value is -1.53. The predicted octanol–water partition coefficient (Wildman–Crippen LogP) is 2.20. The molecule has 4 heteroatoms. The summed E-state index contributed by atoms with van der Waals surface area (Å²) in [7, 11) is 0. The molecule has 14 heavy (non-hydrogen) atoms. The van der Waals surface area contributed by atoms with Gasteiger partial charge in [0.1, 0.15) is 12.4 Å². The van der Waals surface area contributed by atoms with Crippen molar-refractivity contribution >= 4 is 17.4 Å². The molecule has 3 nitrogen and oxygen atoms in total. The summed E-state index contributed by atoms with van der Waals surface area (Å²) in [6.07, 6.45) is -0.134. The van der Waals surface area contributed by atoms with E-state index in [0.717, 1.165) is 0 Å². The van der Waals surface area contributed by atoms with Crippen LogP contribution >= 0.6 is 11.6 Å². The van der Waals surface area contributed by atoms with Crippen LogP contribution < -0.4 is 4.74 Å². The van der Waals surface area contributed by atoms with E-state index in [-0.39, 0.29) is 18.8 Å². The van der Waals surface area contributed by atoms with Crippen molar-refractivity contribution in [3.8, 4) is 11.8 Å². The molecule has 0 unspecified atom stereocenters. The molecule has 0 radical (unpaired) electrons. The summed E-state index contributed by atoms with van der Waals surface area (Å²) in [6, 6.07) is 8.63. The lowest BCUT2D eigenvalue weighted by atomic mass is 10.3. The lowest BCUT2D eigenvalue weighted by molar-refractivity contribution is -0.120. The zero-order chi connectivity index (χ0) is 10.4. The SMILES string of the molecule is N#CCC(=O)COc1ccccc1Cl. The maximum absolute atomic E-state index is 10.9. The summed E-state index contributed by atoms with van der Waals surface area (Å²) >= 11 is 5.78. The molecule has 0 atom stereocenters. The molecular weight excluding hydrogens is 202 g/mol. The highest BCUT2D eigenvalue weighted by atomic mass is 35.5. The number of hydrogen-bond donors (Lipinski definition) is 0. The number of hydrogen-bond acceptors (Lipinski definition) is 3. The zero-order valence-electron chi connectivity index (χ0n) is 7.37. The van der Waals surface area contributed by atoms with E-state index in [2.05, 4.69) is 0 Å². The number of carbonyl (C=O) groups is 1. The van der Waals surface area contributed by atoms with Gasteiger partial charge in [0.2, 0.25) is 0 Å². The van der Waals surface area contributed by atoms with Crippen molar-refractivity contribution in [3.63, 3.8) is 0 Å². The Morgan fingerprint density at radius 2 is 2.21 bits per heavy atom. The Morgan fingerprint density at radius 1 is 1.50 bits per heavy atom. The van der Waals surface area contributed by atoms with Crippen LogP contribution in [0.4, 0.5) is 0 Å². The predicted molar refractivity (Wildman–Crippen MR) is 52.2 cm³/mol. The van der Waals surface area contributed by atoms with E-state index >= 15 is 0 Å². The van der Waals surface area contributed by atoms with E-state index in [4.69, 9.17) is 21.6 Å². The maximum Gasteiger partial charge on any atom is 0.184 e. The fourth-order valence-electron chi connectivity index (χ4n) is 0.859. The summed E-state index contributed by atoms with van der Waals surface area (Å²) in [5, 5.41) is 8.69. The number of ketones is 1. The van der Waals surface area contributed by atoms with E-state index in [1.165, 1.54) is 0 Å². The van der Waals surface area contributed by atoms with Crippen LogP contribution in [0, 0.1) is 11.3 Å². The molecule has 0 saturated carbocycles. The molecule has 1 rings (SSSR count). The minimum Gasteiger partial charge on any atom is -0.484 e. The van der Waals surface area contributed by atoms with Crippen molar-refractivity contribution in [1.82, 2.24) is 0 Å². The fourth-order valence-corrected chi connectivity index (χ4v) is 1.05. The summed E-state index contributed by atoms with van der Waals surface area (Å²) in [5.74, 6) is 0.202. The fraction of sp³-hybridized carbons (Fsp3) is 0.200. The summed E-state index contributed by atoms with van der Waals surface area (Å²) in [6.45, 7) is -0.114. The molecule has 0 bridgehead atoms. The van der Waals surface area contributed by atoms with Gasteiger partial charge in [0.25, 0.3) is 0 Å². The minimum absolute atomic E-state index is 0.114. The molecule has 0 fully saturated rings. The van der Waals surface area contributed by atoms with E-state index in [1.54, 1.807) is 30.3 Å². The Morgan fingerprint density at radius 3 is 2.86 bits per heavy atom. The number of benzene rings is 1. The van der Waals surface area contributed by atoms with E-state index < -0.39 is 0 Å². The van der Waals surface area contributed by atoms with Crippen molar-refractivity contribution in [2.24, 2.45) is 0 Å². The Bertz CT molecular complexity index is 371. The van der Waals surface area contributed by atoms with Crippen molar-refractivity contribution in [2.45, 2.75) is 6.42 Å². The van der Waals surface area contributed by atoms with Crippen LogP contribution in [0.25, 0.3) is 0 Å². The van der Waals surface area contributed by atoms with E-state index in [9.17, 15) is 4.79 Å². The van der Waals surface area contributed by atoms with Gasteiger partial charge in [-0.05, 0) is 12.1 Å². The molecular formula is C10H8ClNO2. The molecule has 0 N–H and O–H groups in total. The molecule has 1 aromatic carbocycles. The van der Waals surface area contributed by atoms with Crippen molar-refractivity contribution < 1.29 is 9.53 Å². The van der Waals surface area contributed by atoms with Crippen LogP contribution in [0.1, 0.15) is 6.42 Å². The van der Waals surface area contributed by atoms with Gasteiger partial charge in [0, 0.05) is 0 Å². The molecule has 0 aromatic heterocycles. The van der Waals surface area contributed by atoms with Crippen LogP contribution in [-0.2, 0) is 4.79 Å². The first-order valence-electron chi connectivity index (χ1n) is 4.00. The number of Topliss-reactive ketones (excluding diaryl/α,β-unsaturated/α-hetero) is 1. The normalized spacial score (nSPS) is 9.14. The van der Waals surface area contributed by atoms with Gasteiger partial charge in [-0.3, -0.25) is 4.79 Å². The Labute approximate surface area is 86.9 Å². The molecule has 1 aromatic rings. The number of nitriles is 1. The third-order valence-corrected chi connectivity index (χ3v) is 1.81. The molecule has 0 aliphatic rings. The Balaban J connectivity index is 2.51. The summed E-state index contributed by atoms with van der Waals surface area (Å²) in [5.41, 5.74) is 0. The lowest BCUT2D eigenvalue weighted by Crippen LogP contribution is -2.10. The largest absolute Gasteiger partial charge is 0.484 e. The number of rotatable bonds is 4. The second kappa shape index (κ2) is 5.25. The average molecular weight is 210 g/mol. The van der Waals surface area contributed by atoms with Gasteiger partial charge in [0.05, 0.1) is 17.5 Å². The molecule has 72 valence electrons. The smallest absolute Gasteiger partial charge is 0.184 e. The third-order valence-electron chi connectivity index (χ3n) is 1.50. The average Bonchev–Trinajstić information content (AvgIpc) is 2.17. The number of ether oxygens (including phenoxy) is 1. The molecule has 0 aliphatic carbocycles. The molecule has 0 aliphatic heterocycles. The minimum atomic E-state index is -0.257. The highest BCUT2D eigenvalue weighted by Gasteiger charge is 2.04. The zero-order valence-corrected chi connectivity index (χ0v) is 8.12. The Kier molecular flexibility index (Phi) is 3.96. The van der Waals surface area contributed by atoms with Crippen LogP contribution in [0.15, 0.2) is 24.3 Å². The lowest BCUT2D eigenvalue weighted by Gasteiger charge is -2.04. The van der Waals surface area contributed by atoms with Gasteiger partial charge in [-0.2, -0.15) is 5.26 Å². The van der Waals surface area contributed by atoms with Crippen LogP contribution in [0.3, 0.4) is 0 Å². The topological polar surface area (TPSA) is 50.1 Å². The first kappa shape index (κ1) is 10.6. The van der Waals surface area contributed by atoms with Crippen molar-refractivity contribution in [2.75, 3.05) is 6.61 Å². The molecule has 0 spiro atoms. The quantitative estimate of drug-likeness (QED) is 0.764. The number of carbonyl (C=O) groups excluding carboxylic acids is 1. The monoisotopic (exact) mass is 209 g/mol. The van der Waals surface area contributed by atoms with Crippen LogP contribution in [0.5, 0.6) is 5.75 Å².